The lowest BCUT2D eigenvalue weighted by Gasteiger charge is -2.25. The van der Waals surface area contributed by atoms with Gasteiger partial charge in [-0.2, -0.15) is 0 Å². The molecule has 2 atom stereocenters. The van der Waals surface area contributed by atoms with Gasteiger partial charge in [-0.3, -0.25) is 9.59 Å². The minimum Gasteiger partial charge on any atom is -0.359 e. The summed E-state index contributed by atoms with van der Waals surface area (Å²) >= 11 is 0. The summed E-state index contributed by atoms with van der Waals surface area (Å²) in [4.78, 5) is 24.6. The van der Waals surface area contributed by atoms with Crippen LogP contribution in [0, 0.1) is 11.8 Å². The number of rotatable bonds is 5. The maximum Gasteiger partial charge on any atom is 0.239 e. The van der Waals surface area contributed by atoms with Gasteiger partial charge in [0.15, 0.2) is 0 Å². The summed E-state index contributed by atoms with van der Waals surface area (Å²) in [5, 5.41) is 2.55. The molecule has 0 saturated heterocycles. The summed E-state index contributed by atoms with van der Waals surface area (Å²) < 4.78 is 0. The molecule has 0 radical (unpaired) electrons. The van der Waals surface area contributed by atoms with Crippen molar-refractivity contribution in [3.05, 3.63) is 0 Å². The predicted molar refractivity (Wildman–Crippen MR) is 63.7 cm³/mol. The third-order valence-corrected chi connectivity index (χ3v) is 2.62. The average Bonchev–Trinajstić information content (AvgIpc) is 2.25. The van der Waals surface area contributed by atoms with E-state index < -0.39 is 6.04 Å². The molecule has 2 amide bonds. The summed E-state index contributed by atoms with van der Waals surface area (Å²) in [7, 11) is 3.25. The standard InChI is InChI=1S/C11H23N3O2/c1-7(2)9(12)11(16)14(5)6-8(3)10(15)13-4/h7-9H,6,12H2,1-5H3,(H,13,15)/t8?,9-/m0/s1. The van der Waals surface area contributed by atoms with E-state index in [1.165, 1.54) is 4.90 Å². The number of nitrogens with two attached hydrogens (primary N) is 1. The molecule has 0 rings (SSSR count). The van der Waals surface area contributed by atoms with Gasteiger partial charge in [0, 0.05) is 20.6 Å². The first-order valence-corrected chi connectivity index (χ1v) is 5.53. The number of carbonyl (C=O) groups excluding carboxylic acids is 2. The van der Waals surface area contributed by atoms with Crippen LogP contribution < -0.4 is 11.1 Å². The van der Waals surface area contributed by atoms with Crippen LogP contribution in [0.1, 0.15) is 20.8 Å². The van der Waals surface area contributed by atoms with E-state index in [4.69, 9.17) is 5.73 Å². The Morgan fingerprint density at radius 2 is 1.81 bits per heavy atom. The summed E-state index contributed by atoms with van der Waals surface area (Å²) in [6.07, 6.45) is 0. The highest BCUT2D eigenvalue weighted by Crippen LogP contribution is 2.05. The Balaban J connectivity index is 4.30. The first-order valence-electron chi connectivity index (χ1n) is 5.53. The van der Waals surface area contributed by atoms with Gasteiger partial charge in [0.25, 0.3) is 0 Å². The van der Waals surface area contributed by atoms with Gasteiger partial charge in [-0.05, 0) is 5.92 Å². The fourth-order valence-corrected chi connectivity index (χ4v) is 1.37. The molecule has 3 N–H and O–H groups in total. The molecule has 0 aliphatic rings. The average molecular weight is 229 g/mol. The van der Waals surface area contributed by atoms with Crippen LogP contribution in [0.25, 0.3) is 0 Å². The monoisotopic (exact) mass is 229 g/mol. The molecule has 0 heterocycles. The molecule has 0 fully saturated rings. The van der Waals surface area contributed by atoms with Gasteiger partial charge in [0.1, 0.15) is 0 Å². The molecule has 0 bridgehead atoms. The second-order valence-corrected chi connectivity index (χ2v) is 4.50. The maximum atomic E-state index is 11.8. The summed E-state index contributed by atoms with van der Waals surface area (Å²) in [5.41, 5.74) is 5.75. The largest absolute Gasteiger partial charge is 0.359 e. The van der Waals surface area contributed by atoms with E-state index in [1.54, 1.807) is 21.0 Å². The van der Waals surface area contributed by atoms with E-state index >= 15 is 0 Å². The number of amides is 2. The highest BCUT2D eigenvalue weighted by molar-refractivity contribution is 5.83. The molecule has 94 valence electrons. The van der Waals surface area contributed by atoms with E-state index in [1.807, 2.05) is 13.8 Å². The second-order valence-electron chi connectivity index (χ2n) is 4.50. The van der Waals surface area contributed by atoms with Crippen LogP contribution in [0.4, 0.5) is 0 Å². The minimum atomic E-state index is -0.498. The fourth-order valence-electron chi connectivity index (χ4n) is 1.37. The number of nitrogens with zero attached hydrogens (tertiary/aromatic N) is 1. The van der Waals surface area contributed by atoms with Gasteiger partial charge in [-0.1, -0.05) is 20.8 Å². The lowest BCUT2D eigenvalue weighted by molar-refractivity contribution is -0.134. The summed E-state index contributed by atoms with van der Waals surface area (Å²) in [6, 6.07) is -0.498. The van der Waals surface area contributed by atoms with E-state index in [0.717, 1.165) is 0 Å². The van der Waals surface area contributed by atoms with Crippen LogP contribution in [0.3, 0.4) is 0 Å². The number of likely N-dealkylation sites (N-methyl/N-ethyl adjacent to an activating group) is 1. The second kappa shape index (κ2) is 6.48. The van der Waals surface area contributed by atoms with Crippen molar-refractivity contribution in [2.24, 2.45) is 17.6 Å². The molecule has 0 aromatic rings. The highest BCUT2D eigenvalue weighted by atomic mass is 16.2. The van der Waals surface area contributed by atoms with Crippen molar-refractivity contribution < 1.29 is 9.59 Å². The fraction of sp³-hybridized carbons (Fsp3) is 0.818. The van der Waals surface area contributed by atoms with Crippen LogP contribution in [0.15, 0.2) is 0 Å². The molecule has 0 aromatic heterocycles. The quantitative estimate of drug-likeness (QED) is 0.686. The van der Waals surface area contributed by atoms with Gasteiger partial charge in [-0.25, -0.2) is 0 Å². The molecule has 0 spiro atoms. The van der Waals surface area contributed by atoms with Crippen molar-refractivity contribution in [3.8, 4) is 0 Å². The molecule has 0 saturated carbocycles. The number of nitrogens with one attached hydrogen (secondary N) is 1. The van der Waals surface area contributed by atoms with Crippen LogP contribution >= 0.6 is 0 Å². The summed E-state index contributed by atoms with van der Waals surface area (Å²) in [6.45, 7) is 5.97. The zero-order valence-corrected chi connectivity index (χ0v) is 10.8. The van der Waals surface area contributed by atoms with Crippen LogP contribution in [0.5, 0.6) is 0 Å². The minimum absolute atomic E-state index is 0.0715. The smallest absolute Gasteiger partial charge is 0.239 e. The Morgan fingerprint density at radius 1 is 1.31 bits per heavy atom. The van der Waals surface area contributed by atoms with Crippen LogP contribution in [-0.4, -0.2) is 43.4 Å². The van der Waals surface area contributed by atoms with E-state index in [-0.39, 0.29) is 23.7 Å². The molecule has 5 nitrogen and oxygen atoms in total. The van der Waals surface area contributed by atoms with Gasteiger partial charge in [-0.15, -0.1) is 0 Å². The molecule has 1 unspecified atom stereocenters. The van der Waals surface area contributed by atoms with Crippen LogP contribution in [0.2, 0.25) is 0 Å². The highest BCUT2D eigenvalue weighted by Gasteiger charge is 2.23. The SMILES string of the molecule is CNC(=O)C(C)CN(C)C(=O)[C@@H](N)C(C)C. The van der Waals surface area contributed by atoms with Crippen molar-refractivity contribution in [3.63, 3.8) is 0 Å². The van der Waals surface area contributed by atoms with E-state index in [2.05, 4.69) is 5.32 Å². The molecular weight excluding hydrogens is 206 g/mol. The van der Waals surface area contributed by atoms with Crippen molar-refractivity contribution in [2.75, 3.05) is 20.6 Å². The number of hydrogen-bond acceptors (Lipinski definition) is 3. The number of hydrogen-bond donors (Lipinski definition) is 2. The first kappa shape index (κ1) is 14.9. The van der Waals surface area contributed by atoms with E-state index in [0.29, 0.717) is 6.54 Å². The normalized spacial score (nSPS) is 14.4. The van der Waals surface area contributed by atoms with Gasteiger partial charge in [0.2, 0.25) is 11.8 Å². The third-order valence-electron chi connectivity index (χ3n) is 2.62. The molecule has 5 heteroatoms. The molecule has 16 heavy (non-hydrogen) atoms. The zero-order chi connectivity index (χ0) is 12.9. The maximum absolute atomic E-state index is 11.8. The molecule has 0 aromatic carbocycles. The van der Waals surface area contributed by atoms with Crippen molar-refractivity contribution >= 4 is 11.8 Å². The van der Waals surface area contributed by atoms with Gasteiger partial charge in [0.05, 0.1) is 12.0 Å². The molecular formula is C11H23N3O2. The Morgan fingerprint density at radius 3 is 2.19 bits per heavy atom. The van der Waals surface area contributed by atoms with Gasteiger partial charge < -0.3 is 16.0 Å². The zero-order valence-electron chi connectivity index (χ0n) is 10.8. The van der Waals surface area contributed by atoms with Crippen molar-refractivity contribution in [2.45, 2.75) is 26.8 Å². The van der Waals surface area contributed by atoms with Gasteiger partial charge >= 0.3 is 0 Å². The lowest BCUT2D eigenvalue weighted by atomic mass is 10.0. The Bertz CT molecular complexity index is 254. The third kappa shape index (κ3) is 4.18. The van der Waals surface area contributed by atoms with E-state index in [9.17, 15) is 9.59 Å². The number of carbonyl (C=O) groups is 2. The summed E-state index contributed by atoms with van der Waals surface area (Å²) in [5.74, 6) is -0.313. The topological polar surface area (TPSA) is 75.4 Å². The first-order chi connectivity index (χ1) is 7.31. The lowest BCUT2D eigenvalue weighted by Crippen LogP contribution is -2.47. The Hall–Kier alpha value is -1.10. The van der Waals surface area contributed by atoms with Crippen molar-refractivity contribution in [1.29, 1.82) is 0 Å². The van der Waals surface area contributed by atoms with Crippen LogP contribution in [-0.2, 0) is 9.59 Å². The Kier molecular flexibility index (Phi) is 6.03. The molecule has 0 aliphatic heterocycles. The predicted octanol–water partition coefficient (Wildman–Crippen LogP) is -0.190. The van der Waals surface area contributed by atoms with Crippen molar-refractivity contribution in [1.82, 2.24) is 10.2 Å². The molecule has 0 aliphatic carbocycles. The Labute approximate surface area is 97.4 Å².